The first kappa shape index (κ1) is 12.5. The maximum Gasteiger partial charge on any atom is 0.240 e. The van der Waals surface area contributed by atoms with Gasteiger partial charge in [-0.3, -0.25) is 0 Å². The van der Waals surface area contributed by atoms with E-state index in [-0.39, 0.29) is 10.9 Å². The molecule has 1 fully saturated rings. The van der Waals surface area contributed by atoms with E-state index in [1.807, 2.05) is 0 Å². The predicted octanol–water partition coefficient (Wildman–Crippen LogP) is 0.936. The number of aliphatic hydroxyl groups excluding tert-OH is 1. The van der Waals surface area contributed by atoms with Crippen LogP contribution in [0.4, 0.5) is 4.39 Å². The summed E-state index contributed by atoms with van der Waals surface area (Å²) in [4.78, 5) is -0.0815. The van der Waals surface area contributed by atoms with Crippen LogP contribution in [0.3, 0.4) is 0 Å². The van der Waals surface area contributed by atoms with Crippen LogP contribution in [0.2, 0.25) is 0 Å². The third-order valence-electron chi connectivity index (χ3n) is 2.89. The maximum absolute atomic E-state index is 13.3. The van der Waals surface area contributed by atoms with Crippen molar-refractivity contribution in [2.75, 3.05) is 0 Å². The molecule has 0 heterocycles. The first-order valence-electron chi connectivity index (χ1n) is 5.35. The molecular weight excluding hydrogens is 245 g/mol. The second-order valence-electron chi connectivity index (χ2n) is 4.35. The molecule has 1 aliphatic rings. The molecule has 0 aromatic heterocycles. The average molecular weight is 259 g/mol. The minimum Gasteiger partial charge on any atom is -0.393 e. The van der Waals surface area contributed by atoms with Crippen molar-refractivity contribution in [3.05, 3.63) is 29.6 Å². The lowest BCUT2D eigenvalue weighted by molar-refractivity contribution is 0.0712. The summed E-state index contributed by atoms with van der Waals surface area (Å²) in [5.41, 5.74) is 0.406. The molecule has 0 atom stereocenters. The van der Waals surface area contributed by atoms with Gasteiger partial charge in [0, 0.05) is 6.04 Å². The van der Waals surface area contributed by atoms with Crippen LogP contribution in [0.15, 0.2) is 23.1 Å². The van der Waals surface area contributed by atoms with Gasteiger partial charge in [0.2, 0.25) is 10.0 Å². The number of aliphatic hydroxyl groups is 1. The molecule has 2 N–H and O–H groups in total. The number of aryl methyl sites for hydroxylation is 1. The summed E-state index contributed by atoms with van der Waals surface area (Å²) in [5, 5.41) is 9.07. The van der Waals surface area contributed by atoms with E-state index < -0.39 is 21.9 Å². The van der Waals surface area contributed by atoms with Crippen LogP contribution in [0.25, 0.3) is 0 Å². The lowest BCUT2D eigenvalue weighted by atomic mass is 9.91. The topological polar surface area (TPSA) is 66.4 Å². The molecule has 0 bridgehead atoms. The molecule has 0 spiro atoms. The normalized spacial score (nSPS) is 24.4. The molecule has 2 rings (SSSR count). The molecule has 17 heavy (non-hydrogen) atoms. The van der Waals surface area contributed by atoms with Crippen molar-refractivity contribution in [2.24, 2.45) is 0 Å². The zero-order chi connectivity index (χ0) is 12.6. The van der Waals surface area contributed by atoms with Gasteiger partial charge in [0.25, 0.3) is 0 Å². The van der Waals surface area contributed by atoms with Gasteiger partial charge in [-0.25, -0.2) is 17.5 Å². The van der Waals surface area contributed by atoms with E-state index in [4.69, 9.17) is 5.11 Å². The van der Waals surface area contributed by atoms with Crippen molar-refractivity contribution in [2.45, 2.75) is 36.8 Å². The van der Waals surface area contributed by atoms with E-state index in [1.165, 1.54) is 12.1 Å². The van der Waals surface area contributed by atoms with Crippen molar-refractivity contribution in [3.8, 4) is 0 Å². The van der Waals surface area contributed by atoms with Crippen molar-refractivity contribution < 1.29 is 17.9 Å². The van der Waals surface area contributed by atoms with E-state index in [0.717, 1.165) is 6.07 Å². The Kier molecular flexibility index (Phi) is 3.20. The van der Waals surface area contributed by atoms with E-state index >= 15 is 0 Å². The minimum absolute atomic E-state index is 0.0815. The number of sulfonamides is 1. The summed E-state index contributed by atoms with van der Waals surface area (Å²) in [6, 6.07) is 3.56. The largest absolute Gasteiger partial charge is 0.393 e. The zero-order valence-corrected chi connectivity index (χ0v) is 10.2. The molecule has 94 valence electrons. The van der Waals surface area contributed by atoms with Crippen LogP contribution < -0.4 is 4.72 Å². The molecule has 0 unspecified atom stereocenters. The van der Waals surface area contributed by atoms with Gasteiger partial charge in [-0.1, -0.05) is 6.07 Å². The van der Waals surface area contributed by atoms with Crippen molar-refractivity contribution in [1.82, 2.24) is 4.72 Å². The second kappa shape index (κ2) is 4.36. The molecular formula is C11H14FNO3S. The van der Waals surface area contributed by atoms with Crippen LogP contribution in [-0.2, 0) is 10.0 Å². The maximum atomic E-state index is 13.3. The number of benzene rings is 1. The van der Waals surface area contributed by atoms with Crippen LogP contribution in [0, 0.1) is 12.7 Å². The number of hydrogen-bond acceptors (Lipinski definition) is 3. The molecule has 0 aliphatic heterocycles. The van der Waals surface area contributed by atoms with E-state index in [1.54, 1.807) is 6.92 Å². The number of hydrogen-bond donors (Lipinski definition) is 2. The van der Waals surface area contributed by atoms with Crippen molar-refractivity contribution in [1.29, 1.82) is 0 Å². The lowest BCUT2D eigenvalue weighted by Crippen LogP contribution is -2.46. The fourth-order valence-corrected chi connectivity index (χ4v) is 2.99. The molecule has 4 nitrogen and oxygen atoms in total. The van der Waals surface area contributed by atoms with Crippen LogP contribution in [0.5, 0.6) is 0 Å². The number of rotatable bonds is 3. The van der Waals surface area contributed by atoms with Gasteiger partial charge in [0.1, 0.15) is 5.82 Å². The molecule has 0 amide bonds. The SMILES string of the molecule is Cc1ccc(S(=O)(=O)NC2CC(O)C2)cc1F. The highest BCUT2D eigenvalue weighted by Crippen LogP contribution is 2.22. The average Bonchev–Trinajstić information content (AvgIpc) is 2.19. The van der Waals surface area contributed by atoms with Crippen molar-refractivity contribution >= 4 is 10.0 Å². The molecule has 1 aliphatic carbocycles. The van der Waals surface area contributed by atoms with E-state index in [9.17, 15) is 12.8 Å². The molecule has 0 radical (unpaired) electrons. The molecule has 0 saturated heterocycles. The van der Waals surface area contributed by atoms with E-state index in [2.05, 4.69) is 4.72 Å². The van der Waals surface area contributed by atoms with Gasteiger partial charge in [0.15, 0.2) is 0 Å². The van der Waals surface area contributed by atoms with Gasteiger partial charge in [-0.15, -0.1) is 0 Å². The van der Waals surface area contributed by atoms with Gasteiger partial charge in [-0.05, 0) is 37.5 Å². The fraction of sp³-hybridized carbons (Fsp3) is 0.455. The quantitative estimate of drug-likeness (QED) is 0.849. The fourth-order valence-electron chi connectivity index (χ4n) is 1.71. The Labute approximate surface area is 99.5 Å². The van der Waals surface area contributed by atoms with Gasteiger partial charge >= 0.3 is 0 Å². The highest BCUT2D eigenvalue weighted by molar-refractivity contribution is 7.89. The second-order valence-corrected chi connectivity index (χ2v) is 6.07. The Balaban J connectivity index is 2.17. The first-order chi connectivity index (χ1) is 7.88. The minimum atomic E-state index is -3.68. The Morgan fingerprint density at radius 1 is 1.41 bits per heavy atom. The highest BCUT2D eigenvalue weighted by Gasteiger charge is 2.31. The summed E-state index contributed by atoms with van der Waals surface area (Å²) in [5.74, 6) is -0.540. The monoisotopic (exact) mass is 259 g/mol. The molecule has 6 heteroatoms. The first-order valence-corrected chi connectivity index (χ1v) is 6.83. The summed E-state index contributed by atoms with van der Waals surface area (Å²) in [6.07, 6.45) is 0.388. The van der Waals surface area contributed by atoms with Crippen LogP contribution in [-0.4, -0.2) is 25.7 Å². The van der Waals surface area contributed by atoms with Gasteiger partial charge < -0.3 is 5.11 Å². The Morgan fingerprint density at radius 2 is 2.06 bits per heavy atom. The summed E-state index contributed by atoms with van der Waals surface area (Å²) < 4.78 is 39.4. The standard InChI is InChI=1S/C11H14FNO3S/c1-7-2-3-10(6-11(7)12)17(15,16)13-8-4-9(14)5-8/h2-3,6,8-9,13-14H,4-5H2,1H3. The predicted molar refractivity (Wildman–Crippen MR) is 60.5 cm³/mol. The third kappa shape index (κ3) is 2.65. The summed E-state index contributed by atoms with van der Waals surface area (Å²) >= 11 is 0. The molecule has 1 aromatic carbocycles. The van der Waals surface area contributed by atoms with Gasteiger partial charge in [0.05, 0.1) is 11.0 Å². The molecule has 1 saturated carbocycles. The summed E-state index contributed by atoms with van der Waals surface area (Å²) in [7, 11) is -3.68. The number of nitrogens with one attached hydrogen (secondary N) is 1. The molecule has 1 aromatic rings. The number of halogens is 1. The zero-order valence-electron chi connectivity index (χ0n) is 9.35. The Morgan fingerprint density at radius 3 is 2.59 bits per heavy atom. The van der Waals surface area contributed by atoms with Crippen LogP contribution >= 0.6 is 0 Å². The Bertz CT molecular complexity index is 524. The summed E-state index contributed by atoms with van der Waals surface area (Å²) in [6.45, 7) is 1.57. The van der Waals surface area contributed by atoms with Gasteiger partial charge in [-0.2, -0.15) is 0 Å². The Hall–Kier alpha value is -0.980. The van der Waals surface area contributed by atoms with Crippen molar-refractivity contribution in [3.63, 3.8) is 0 Å². The third-order valence-corrected chi connectivity index (χ3v) is 4.41. The lowest BCUT2D eigenvalue weighted by Gasteiger charge is -2.31. The van der Waals surface area contributed by atoms with Crippen LogP contribution in [0.1, 0.15) is 18.4 Å². The highest BCUT2D eigenvalue weighted by atomic mass is 32.2. The smallest absolute Gasteiger partial charge is 0.240 e. The van der Waals surface area contributed by atoms with E-state index in [0.29, 0.717) is 18.4 Å².